The molecular formula is C8H15NO5. The van der Waals surface area contributed by atoms with E-state index in [1.165, 1.54) is 0 Å². The van der Waals surface area contributed by atoms with E-state index in [1.807, 2.05) is 0 Å². The predicted molar refractivity (Wildman–Crippen MR) is 47.4 cm³/mol. The molecule has 14 heavy (non-hydrogen) atoms. The van der Waals surface area contributed by atoms with Gasteiger partial charge in [-0.2, -0.15) is 5.48 Å². The molecule has 0 aliphatic heterocycles. The fourth-order valence-electron chi connectivity index (χ4n) is 0.594. The summed E-state index contributed by atoms with van der Waals surface area (Å²) < 4.78 is 4.89. The molecule has 0 radical (unpaired) electrons. The first-order valence-corrected chi connectivity index (χ1v) is 4.09. The summed E-state index contributed by atoms with van der Waals surface area (Å²) in [6.07, 6.45) is 0. The predicted octanol–water partition coefficient (Wildman–Crippen LogP) is -0.0661. The summed E-state index contributed by atoms with van der Waals surface area (Å²) >= 11 is 0. The Morgan fingerprint density at radius 3 is 2.36 bits per heavy atom. The number of esters is 1. The highest BCUT2D eigenvalue weighted by atomic mass is 16.7. The van der Waals surface area contributed by atoms with Crippen molar-refractivity contribution in [1.82, 2.24) is 5.48 Å². The van der Waals surface area contributed by atoms with Crippen molar-refractivity contribution in [1.29, 1.82) is 0 Å². The van der Waals surface area contributed by atoms with Gasteiger partial charge in [0.2, 0.25) is 0 Å². The molecule has 0 saturated carbocycles. The highest BCUT2D eigenvalue weighted by Gasteiger charge is 2.16. The van der Waals surface area contributed by atoms with Crippen molar-refractivity contribution in [3.8, 4) is 0 Å². The second-order valence-corrected chi connectivity index (χ2v) is 3.59. The van der Waals surface area contributed by atoms with E-state index in [0.717, 1.165) is 0 Å². The Kier molecular flexibility index (Phi) is 5.11. The number of hydrogen-bond donors (Lipinski definition) is 2. The third-order valence-electron chi connectivity index (χ3n) is 0.935. The van der Waals surface area contributed by atoms with Crippen LogP contribution >= 0.6 is 0 Å². The van der Waals surface area contributed by atoms with Crippen molar-refractivity contribution in [2.45, 2.75) is 26.4 Å². The lowest BCUT2D eigenvalue weighted by atomic mass is 10.2. The topological polar surface area (TPSA) is 84.9 Å². The Morgan fingerprint density at radius 2 is 1.93 bits per heavy atom. The van der Waals surface area contributed by atoms with Gasteiger partial charge in [-0.1, -0.05) is 0 Å². The summed E-state index contributed by atoms with van der Waals surface area (Å²) in [5.41, 5.74) is 1.54. The van der Waals surface area contributed by atoms with Crippen LogP contribution in [0.1, 0.15) is 20.8 Å². The largest absolute Gasteiger partial charge is 0.480 e. The molecule has 2 N–H and O–H groups in total. The number of carbonyl (C=O) groups excluding carboxylic acids is 1. The van der Waals surface area contributed by atoms with Gasteiger partial charge in [-0.3, -0.25) is 9.63 Å². The lowest BCUT2D eigenvalue weighted by Crippen LogP contribution is -2.30. The van der Waals surface area contributed by atoms with Gasteiger partial charge in [-0.15, -0.1) is 0 Å². The zero-order chi connectivity index (χ0) is 11.2. The molecule has 0 saturated heterocycles. The number of ether oxygens (including phenoxy) is 1. The Labute approximate surface area is 82.1 Å². The minimum atomic E-state index is -1.06. The molecule has 0 fully saturated rings. The van der Waals surface area contributed by atoms with E-state index < -0.39 is 17.5 Å². The number of rotatable bonds is 5. The van der Waals surface area contributed by atoms with Crippen LogP contribution in [0.5, 0.6) is 0 Å². The molecule has 0 rings (SSSR count). The number of hydrogen-bond acceptors (Lipinski definition) is 5. The van der Waals surface area contributed by atoms with Crippen LogP contribution < -0.4 is 5.48 Å². The molecule has 0 aromatic carbocycles. The molecule has 6 nitrogen and oxygen atoms in total. The molecule has 0 bridgehead atoms. The van der Waals surface area contributed by atoms with Crippen LogP contribution in [-0.2, 0) is 19.2 Å². The monoisotopic (exact) mass is 205 g/mol. The third-order valence-corrected chi connectivity index (χ3v) is 0.935. The fourth-order valence-corrected chi connectivity index (χ4v) is 0.594. The summed E-state index contributed by atoms with van der Waals surface area (Å²) in [5, 5.41) is 8.21. The summed E-state index contributed by atoms with van der Waals surface area (Å²) in [7, 11) is 0. The Bertz CT molecular complexity index is 208. The lowest BCUT2D eigenvalue weighted by molar-refractivity contribution is -0.164. The second-order valence-electron chi connectivity index (χ2n) is 3.59. The molecule has 0 atom stereocenters. The van der Waals surface area contributed by atoms with Crippen LogP contribution in [0.25, 0.3) is 0 Å². The molecule has 6 heteroatoms. The maximum atomic E-state index is 11.0. The lowest BCUT2D eigenvalue weighted by Gasteiger charge is -2.19. The van der Waals surface area contributed by atoms with E-state index in [9.17, 15) is 9.59 Å². The van der Waals surface area contributed by atoms with Crippen molar-refractivity contribution in [3.05, 3.63) is 0 Å². The quantitative estimate of drug-likeness (QED) is 0.371. The van der Waals surface area contributed by atoms with Crippen molar-refractivity contribution >= 4 is 11.9 Å². The SMILES string of the molecule is CC(C)(C)OC(=O)CONCC(=O)O. The van der Waals surface area contributed by atoms with E-state index in [2.05, 4.69) is 10.3 Å². The van der Waals surface area contributed by atoms with Gasteiger partial charge < -0.3 is 9.84 Å². The molecule has 0 aromatic heterocycles. The average molecular weight is 205 g/mol. The molecular weight excluding hydrogens is 190 g/mol. The Morgan fingerprint density at radius 1 is 1.36 bits per heavy atom. The average Bonchev–Trinajstić information content (AvgIpc) is 1.94. The number of carboxylic acid groups (broad SMARTS) is 1. The van der Waals surface area contributed by atoms with Crippen molar-refractivity contribution in [2.75, 3.05) is 13.2 Å². The van der Waals surface area contributed by atoms with Crippen LogP contribution in [0.4, 0.5) is 0 Å². The van der Waals surface area contributed by atoms with Crippen LogP contribution in [0.3, 0.4) is 0 Å². The van der Waals surface area contributed by atoms with Gasteiger partial charge in [0.1, 0.15) is 12.1 Å². The fraction of sp³-hybridized carbons (Fsp3) is 0.750. The summed E-state index contributed by atoms with van der Waals surface area (Å²) in [6.45, 7) is 4.52. The maximum absolute atomic E-state index is 11.0. The molecule has 0 aliphatic rings. The zero-order valence-electron chi connectivity index (χ0n) is 8.49. The Hall–Kier alpha value is -1.14. The van der Waals surface area contributed by atoms with Gasteiger partial charge >= 0.3 is 11.9 Å². The molecule has 0 spiro atoms. The van der Waals surface area contributed by atoms with Gasteiger partial charge in [0.15, 0.2) is 6.61 Å². The van der Waals surface area contributed by atoms with Crippen LogP contribution in [-0.4, -0.2) is 35.8 Å². The first-order chi connectivity index (χ1) is 6.31. The molecule has 0 unspecified atom stereocenters. The zero-order valence-corrected chi connectivity index (χ0v) is 8.49. The maximum Gasteiger partial charge on any atom is 0.334 e. The minimum Gasteiger partial charge on any atom is -0.480 e. The molecule has 0 heterocycles. The highest BCUT2D eigenvalue weighted by Crippen LogP contribution is 2.06. The van der Waals surface area contributed by atoms with E-state index in [1.54, 1.807) is 20.8 Å². The van der Waals surface area contributed by atoms with Gasteiger partial charge in [0.05, 0.1) is 0 Å². The summed E-state index contributed by atoms with van der Waals surface area (Å²) in [4.78, 5) is 25.5. The van der Waals surface area contributed by atoms with Crippen LogP contribution in [0.2, 0.25) is 0 Å². The number of carboxylic acids is 1. The first kappa shape index (κ1) is 12.9. The standard InChI is InChI=1S/C8H15NO5/c1-8(2,3)14-7(12)5-13-9-4-6(10)11/h9H,4-5H2,1-3H3,(H,10,11). The number of carbonyl (C=O) groups is 2. The normalized spacial score (nSPS) is 11.1. The molecule has 0 aromatic rings. The van der Waals surface area contributed by atoms with Gasteiger partial charge in [-0.25, -0.2) is 4.79 Å². The number of aliphatic carboxylic acids is 1. The van der Waals surface area contributed by atoms with Crippen molar-refractivity contribution in [3.63, 3.8) is 0 Å². The minimum absolute atomic E-state index is 0.315. The van der Waals surface area contributed by atoms with Gasteiger partial charge in [-0.05, 0) is 20.8 Å². The van der Waals surface area contributed by atoms with Gasteiger partial charge in [0, 0.05) is 0 Å². The van der Waals surface area contributed by atoms with E-state index in [0.29, 0.717) is 0 Å². The van der Waals surface area contributed by atoms with Crippen LogP contribution in [0, 0.1) is 0 Å². The van der Waals surface area contributed by atoms with Crippen molar-refractivity contribution in [2.24, 2.45) is 0 Å². The first-order valence-electron chi connectivity index (χ1n) is 4.09. The number of nitrogens with one attached hydrogen (secondary N) is 1. The van der Waals surface area contributed by atoms with E-state index in [-0.39, 0.29) is 13.2 Å². The third kappa shape index (κ3) is 8.95. The smallest absolute Gasteiger partial charge is 0.334 e. The highest BCUT2D eigenvalue weighted by molar-refractivity contribution is 5.71. The molecule has 82 valence electrons. The van der Waals surface area contributed by atoms with Crippen LogP contribution in [0.15, 0.2) is 0 Å². The van der Waals surface area contributed by atoms with E-state index >= 15 is 0 Å². The number of hydroxylamine groups is 1. The van der Waals surface area contributed by atoms with Gasteiger partial charge in [0.25, 0.3) is 0 Å². The molecule has 0 aliphatic carbocycles. The molecule has 0 amide bonds. The Balaban J connectivity index is 3.50. The summed E-state index contributed by atoms with van der Waals surface area (Å²) in [6, 6.07) is 0. The second kappa shape index (κ2) is 5.56. The van der Waals surface area contributed by atoms with E-state index in [4.69, 9.17) is 9.84 Å². The van der Waals surface area contributed by atoms with Crippen molar-refractivity contribution < 1.29 is 24.3 Å². The summed E-state index contributed by atoms with van der Waals surface area (Å²) in [5.74, 6) is -1.61.